The summed E-state index contributed by atoms with van der Waals surface area (Å²) in [6, 6.07) is 27.4. The van der Waals surface area contributed by atoms with Crippen molar-refractivity contribution in [1.29, 1.82) is 0 Å². The van der Waals surface area contributed by atoms with E-state index in [1.165, 1.54) is 21.8 Å². The fourth-order valence-corrected chi connectivity index (χ4v) is 7.27. The summed E-state index contributed by atoms with van der Waals surface area (Å²) in [5.74, 6) is 1.51. The smallest absolute Gasteiger partial charge is 0.251 e. The third-order valence-electron chi connectivity index (χ3n) is 9.03. The molecule has 0 saturated carbocycles. The first kappa shape index (κ1) is 31.0. The molecule has 0 bridgehead atoms. The molecule has 3 aromatic carbocycles. The third kappa shape index (κ3) is 7.37. The molecule has 0 spiro atoms. The summed E-state index contributed by atoms with van der Waals surface area (Å²) in [7, 11) is 0. The van der Waals surface area contributed by atoms with E-state index in [2.05, 4.69) is 44.4 Å². The number of hydrogen-bond donors (Lipinski definition) is 1. The van der Waals surface area contributed by atoms with Crippen LogP contribution >= 0.6 is 11.3 Å². The predicted molar refractivity (Wildman–Crippen MR) is 193 cm³/mol. The van der Waals surface area contributed by atoms with Gasteiger partial charge in [0.25, 0.3) is 5.56 Å². The number of hydrogen-bond acceptors (Lipinski definition) is 7. The number of pyridine rings is 2. The Labute approximate surface area is 277 Å². The first-order valence-corrected chi connectivity index (χ1v) is 17.4. The highest BCUT2D eigenvalue weighted by atomic mass is 32.1. The molecule has 0 radical (unpaired) electrons. The molecule has 0 amide bonds. The summed E-state index contributed by atoms with van der Waals surface area (Å²) in [6.45, 7) is 7.16. The second kappa shape index (κ2) is 14.4. The van der Waals surface area contributed by atoms with E-state index < -0.39 is 0 Å². The van der Waals surface area contributed by atoms with Gasteiger partial charge in [-0.1, -0.05) is 6.07 Å². The number of H-pyrrole nitrogens is 1. The molecular weight excluding hydrogens is 609 g/mol. The van der Waals surface area contributed by atoms with Crippen LogP contribution in [-0.4, -0.2) is 60.4 Å². The van der Waals surface area contributed by atoms with Gasteiger partial charge in [0.2, 0.25) is 5.56 Å². The van der Waals surface area contributed by atoms with E-state index in [-0.39, 0.29) is 11.1 Å². The molecule has 47 heavy (non-hydrogen) atoms. The monoisotopic (exact) mass is 648 g/mol. The molecular formula is C38H40N4O4S. The molecule has 242 valence electrons. The molecule has 0 unspecified atom stereocenters. The fourth-order valence-electron chi connectivity index (χ4n) is 6.46. The van der Waals surface area contributed by atoms with Crippen molar-refractivity contribution in [3.63, 3.8) is 0 Å². The molecule has 0 atom stereocenters. The van der Waals surface area contributed by atoms with Crippen LogP contribution in [0.4, 0.5) is 5.69 Å². The van der Waals surface area contributed by atoms with Crippen molar-refractivity contribution in [3.05, 3.63) is 111 Å². The van der Waals surface area contributed by atoms with Crippen LogP contribution < -0.4 is 25.5 Å². The number of unbranched alkanes of at least 4 members (excludes halogenated alkanes) is 2. The van der Waals surface area contributed by atoms with E-state index in [0.717, 1.165) is 86.0 Å². The Balaban J connectivity index is 0.856. The molecule has 1 aliphatic rings. The minimum Gasteiger partial charge on any atom is -0.494 e. The van der Waals surface area contributed by atoms with Crippen LogP contribution in [0.5, 0.6) is 11.5 Å². The second-order valence-corrected chi connectivity index (χ2v) is 13.1. The minimum absolute atomic E-state index is 0.0128. The average Bonchev–Trinajstić information content (AvgIpc) is 3.58. The van der Waals surface area contributed by atoms with Gasteiger partial charge in [0.15, 0.2) is 0 Å². The molecule has 1 fully saturated rings. The molecule has 7 rings (SSSR count). The highest BCUT2D eigenvalue weighted by molar-refractivity contribution is 7.17. The van der Waals surface area contributed by atoms with E-state index >= 15 is 0 Å². The van der Waals surface area contributed by atoms with Gasteiger partial charge in [-0.25, -0.2) is 0 Å². The Morgan fingerprint density at radius 3 is 2.26 bits per heavy atom. The maximum absolute atomic E-state index is 12.8. The maximum atomic E-state index is 12.8. The Morgan fingerprint density at radius 2 is 1.43 bits per heavy atom. The van der Waals surface area contributed by atoms with E-state index in [1.807, 2.05) is 58.4 Å². The zero-order chi connectivity index (χ0) is 32.0. The van der Waals surface area contributed by atoms with Crippen molar-refractivity contribution in [2.45, 2.75) is 32.2 Å². The second-order valence-electron chi connectivity index (χ2n) is 12.2. The lowest BCUT2D eigenvalue weighted by Gasteiger charge is -2.36. The van der Waals surface area contributed by atoms with Gasteiger partial charge in [0.05, 0.1) is 24.2 Å². The number of nitrogens with one attached hydrogen (secondary N) is 1. The lowest BCUT2D eigenvalue weighted by atomic mass is 10.2. The van der Waals surface area contributed by atoms with Crippen LogP contribution in [0.3, 0.4) is 0 Å². The number of ether oxygens (including phenoxy) is 2. The number of aromatic amines is 1. The Morgan fingerprint density at radius 1 is 0.702 bits per heavy atom. The van der Waals surface area contributed by atoms with Gasteiger partial charge >= 0.3 is 0 Å². The summed E-state index contributed by atoms with van der Waals surface area (Å²) in [5, 5.41) is 5.54. The number of rotatable bonds is 13. The topological polar surface area (TPSA) is 79.8 Å². The van der Waals surface area contributed by atoms with Crippen molar-refractivity contribution in [2.75, 3.05) is 50.8 Å². The summed E-state index contributed by atoms with van der Waals surface area (Å²) in [5.41, 5.74) is 2.87. The zero-order valence-electron chi connectivity index (χ0n) is 26.5. The van der Waals surface area contributed by atoms with Crippen molar-refractivity contribution in [1.82, 2.24) is 14.5 Å². The van der Waals surface area contributed by atoms with Crippen LogP contribution in [0.2, 0.25) is 0 Å². The van der Waals surface area contributed by atoms with E-state index in [4.69, 9.17) is 9.47 Å². The van der Waals surface area contributed by atoms with Crippen molar-refractivity contribution < 1.29 is 9.47 Å². The van der Waals surface area contributed by atoms with Crippen molar-refractivity contribution in [2.24, 2.45) is 0 Å². The number of benzene rings is 3. The number of nitrogens with zero attached hydrogens (tertiary/aromatic N) is 3. The Kier molecular flexibility index (Phi) is 9.53. The molecule has 9 heteroatoms. The zero-order valence-corrected chi connectivity index (χ0v) is 27.3. The largest absolute Gasteiger partial charge is 0.494 e. The first-order chi connectivity index (χ1) is 23.1. The van der Waals surface area contributed by atoms with Gasteiger partial charge in [0.1, 0.15) is 11.5 Å². The molecule has 1 N–H and O–H groups in total. The van der Waals surface area contributed by atoms with Crippen LogP contribution in [-0.2, 0) is 6.54 Å². The van der Waals surface area contributed by atoms with Crippen molar-refractivity contribution in [3.8, 4) is 11.5 Å². The van der Waals surface area contributed by atoms with Crippen LogP contribution in [0.1, 0.15) is 25.7 Å². The van der Waals surface area contributed by atoms with Gasteiger partial charge in [-0.2, -0.15) is 0 Å². The Hall–Kier alpha value is -4.60. The number of thiophene rings is 1. The summed E-state index contributed by atoms with van der Waals surface area (Å²) < 4.78 is 15.3. The molecule has 6 aromatic rings. The fraction of sp³-hybridized carbons (Fsp3) is 0.316. The highest BCUT2D eigenvalue weighted by Crippen LogP contribution is 2.31. The van der Waals surface area contributed by atoms with Crippen molar-refractivity contribution >= 4 is 48.9 Å². The molecule has 1 aliphatic heterocycles. The number of piperazine rings is 1. The normalized spacial score (nSPS) is 13.9. The maximum Gasteiger partial charge on any atom is 0.251 e. The predicted octanol–water partition coefficient (Wildman–Crippen LogP) is 6.90. The van der Waals surface area contributed by atoms with Gasteiger partial charge in [-0.3, -0.25) is 14.5 Å². The van der Waals surface area contributed by atoms with Gasteiger partial charge in [-0.05, 0) is 103 Å². The van der Waals surface area contributed by atoms with Gasteiger partial charge < -0.3 is 23.9 Å². The molecule has 3 aromatic heterocycles. The molecule has 8 nitrogen and oxygen atoms in total. The minimum atomic E-state index is -0.132. The van der Waals surface area contributed by atoms with Crippen LogP contribution in [0.25, 0.3) is 31.9 Å². The highest BCUT2D eigenvalue weighted by Gasteiger charge is 2.18. The number of aryl methyl sites for hydroxylation is 1. The van der Waals surface area contributed by atoms with Gasteiger partial charge in [-0.15, -0.1) is 11.3 Å². The Bertz CT molecular complexity index is 2090. The summed E-state index contributed by atoms with van der Waals surface area (Å²) >= 11 is 1.81. The number of aromatic nitrogens is 2. The SMILES string of the molecule is O=c1ccc2ccc(OCCCCn3c(=O)ccc4ccc(OCCCCN5CCN(c6cccc7sccc67)CC5)cc43)cc2[nH]1. The lowest BCUT2D eigenvalue weighted by Crippen LogP contribution is -2.46. The van der Waals surface area contributed by atoms with E-state index in [1.54, 1.807) is 12.1 Å². The standard InChI is InChI=1S/C38H40N4O4S/c43-37-14-10-28-8-12-30(26-33(28)39-37)45-24-4-2-18-42-35-27-31(13-9-29(35)11-15-38(42)44)46-23-3-1-17-40-19-21-41(22-20-40)34-6-5-7-36-32(34)16-25-47-36/h5-16,25-27H,1-4,17-24H2,(H,39,43). The summed E-state index contributed by atoms with van der Waals surface area (Å²) in [4.78, 5) is 32.4. The summed E-state index contributed by atoms with van der Waals surface area (Å²) in [6.07, 6.45) is 3.67. The first-order valence-electron chi connectivity index (χ1n) is 16.6. The average molecular weight is 649 g/mol. The van der Waals surface area contributed by atoms with Crippen LogP contribution in [0, 0.1) is 0 Å². The third-order valence-corrected chi connectivity index (χ3v) is 9.91. The quantitative estimate of drug-likeness (QED) is 0.137. The van der Waals surface area contributed by atoms with E-state index in [0.29, 0.717) is 25.5 Å². The number of fused-ring (bicyclic) bond motifs is 3. The number of anilines is 1. The molecule has 0 aliphatic carbocycles. The van der Waals surface area contributed by atoms with Crippen LogP contribution in [0.15, 0.2) is 99.9 Å². The van der Waals surface area contributed by atoms with Gasteiger partial charge in [0, 0.05) is 72.8 Å². The molecule has 4 heterocycles. The van der Waals surface area contributed by atoms with E-state index in [9.17, 15) is 9.59 Å². The molecule has 1 saturated heterocycles. The lowest BCUT2D eigenvalue weighted by molar-refractivity contribution is 0.239.